The lowest BCUT2D eigenvalue weighted by molar-refractivity contribution is -0.127. The van der Waals surface area contributed by atoms with E-state index in [4.69, 9.17) is 5.26 Å². The summed E-state index contributed by atoms with van der Waals surface area (Å²) in [6, 6.07) is 1.99. The molecule has 0 aliphatic rings. The normalized spacial score (nSPS) is 18.3. The van der Waals surface area contributed by atoms with Crippen LogP contribution in [-0.2, 0) is 15.6 Å². The molecule has 0 aromatic carbocycles. The van der Waals surface area contributed by atoms with Crippen LogP contribution in [-0.4, -0.2) is 28.2 Å². The van der Waals surface area contributed by atoms with Crippen molar-refractivity contribution in [1.29, 1.82) is 5.26 Å². The summed E-state index contributed by atoms with van der Waals surface area (Å²) >= 11 is 0. The molecule has 1 N–H and O–H groups in total. The third kappa shape index (κ3) is 4.00. The fourth-order valence-electron chi connectivity index (χ4n) is 0.839. The van der Waals surface area contributed by atoms with E-state index in [1.54, 1.807) is 27.0 Å². The van der Waals surface area contributed by atoms with Crippen LogP contribution < -0.4 is 5.32 Å². The molecular weight excluding hydrogens is 212 g/mol. The first-order valence-electron chi connectivity index (χ1n) is 4.89. The first kappa shape index (κ1) is 14.1. The van der Waals surface area contributed by atoms with E-state index in [-0.39, 0.29) is 11.2 Å². The standard InChI is InChI=1S/C10H18N2O2S/c1-5-10(3,7-11)9(13)12-6-8(2)15(4)14/h8H,5-6H2,1-4H3,(H,12,13). The van der Waals surface area contributed by atoms with E-state index in [0.717, 1.165) is 0 Å². The number of nitrogens with one attached hydrogen (secondary N) is 1. The van der Waals surface area contributed by atoms with Crippen LogP contribution in [0.1, 0.15) is 27.2 Å². The summed E-state index contributed by atoms with van der Waals surface area (Å²) < 4.78 is 11.0. The Hall–Kier alpha value is -0.890. The number of rotatable bonds is 5. The molecule has 0 spiro atoms. The van der Waals surface area contributed by atoms with Gasteiger partial charge in [-0.05, 0) is 20.3 Å². The third-order valence-electron chi connectivity index (χ3n) is 2.57. The summed E-state index contributed by atoms with van der Waals surface area (Å²) in [6.07, 6.45) is 2.07. The molecule has 0 bridgehead atoms. The quantitative estimate of drug-likeness (QED) is 0.759. The van der Waals surface area contributed by atoms with Crippen molar-refractivity contribution in [3.63, 3.8) is 0 Å². The number of hydrogen-bond acceptors (Lipinski definition) is 3. The average Bonchev–Trinajstić information content (AvgIpc) is 2.23. The second-order valence-electron chi connectivity index (χ2n) is 3.82. The molecule has 0 aromatic rings. The molecular formula is C10H18N2O2S. The number of carbonyl (C=O) groups is 1. The molecule has 0 radical (unpaired) electrons. The molecule has 0 aliphatic carbocycles. The molecule has 3 atom stereocenters. The topological polar surface area (TPSA) is 70.0 Å². The van der Waals surface area contributed by atoms with E-state index in [1.165, 1.54) is 0 Å². The Morgan fingerprint density at radius 2 is 2.20 bits per heavy atom. The van der Waals surface area contributed by atoms with Crippen molar-refractivity contribution in [3.8, 4) is 6.07 Å². The molecule has 0 fully saturated rings. The van der Waals surface area contributed by atoms with Gasteiger partial charge in [-0.25, -0.2) is 0 Å². The van der Waals surface area contributed by atoms with Crippen LogP contribution in [0.3, 0.4) is 0 Å². The van der Waals surface area contributed by atoms with Gasteiger partial charge in [0.15, 0.2) is 0 Å². The summed E-state index contributed by atoms with van der Waals surface area (Å²) in [7, 11) is -0.955. The second-order valence-corrected chi connectivity index (χ2v) is 5.62. The van der Waals surface area contributed by atoms with Crippen molar-refractivity contribution in [2.24, 2.45) is 5.41 Å². The van der Waals surface area contributed by atoms with E-state index in [0.29, 0.717) is 13.0 Å². The number of nitrogens with zero attached hydrogens (tertiary/aromatic N) is 1. The first-order valence-corrected chi connectivity index (χ1v) is 6.51. The summed E-state index contributed by atoms with van der Waals surface area (Å²) in [6.45, 7) is 5.55. The fraction of sp³-hybridized carbons (Fsp3) is 0.800. The van der Waals surface area contributed by atoms with Gasteiger partial charge in [-0.15, -0.1) is 0 Å². The Labute approximate surface area is 93.5 Å². The summed E-state index contributed by atoms with van der Waals surface area (Å²) in [4.78, 5) is 11.6. The highest BCUT2D eigenvalue weighted by Crippen LogP contribution is 2.19. The molecule has 86 valence electrons. The Kier molecular flexibility index (Phi) is 5.51. The van der Waals surface area contributed by atoms with E-state index in [2.05, 4.69) is 5.32 Å². The van der Waals surface area contributed by atoms with Gasteiger partial charge in [0.2, 0.25) is 5.91 Å². The molecule has 15 heavy (non-hydrogen) atoms. The Balaban J connectivity index is 4.28. The first-order chi connectivity index (χ1) is 6.87. The predicted octanol–water partition coefficient (Wildman–Crippen LogP) is 0.809. The maximum atomic E-state index is 11.6. The molecule has 0 aliphatic heterocycles. The van der Waals surface area contributed by atoms with Gasteiger partial charge in [-0.1, -0.05) is 6.92 Å². The van der Waals surface area contributed by atoms with Crippen LogP contribution >= 0.6 is 0 Å². The highest BCUT2D eigenvalue weighted by molar-refractivity contribution is 7.84. The van der Waals surface area contributed by atoms with Crippen LogP contribution in [0.2, 0.25) is 0 Å². The van der Waals surface area contributed by atoms with Crippen molar-refractivity contribution in [2.75, 3.05) is 12.8 Å². The van der Waals surface area contributed by atoms with Crippen molar-refractivity contribution in [1.82, 2.24) is 5.32 Å². The minimum absolute atomic E-state index is 0.0891. The minimum atomic E-state index is -0.977. The van der Waals surface area contributed by atoms with Crippen molar-refractivity contribution >= 4 is 16.7 Å². The SMILES string of the molecule is CCC(C)(C#N)C(=O)NCC(C)S(C)=O. The zero-order valence-corrected chi connectivity index (χ0v) is 10.5. The Morgan fingerprint density at radius 1 is 1.67 bits per heavy atom. The number of carbonyl (C=O) groups excluding carboxylic acids is 1. The molecule has 3 unspecified atom stereocenters. The van der Waals surface area contributed by atoms with Crippen molar-refractivity contribution in [2.45, 2.75) is 32.4 Å². The number of hydrogen-bond donors (Lipinski definition) is 1. The van der Waals surface area contributed by atoms with Crippen molar-refractivity contribution < 1.29 is 9.00 Å². The largest absolute Gasteiger partial charge is 0.354 e. The highest BCUT2D eigenvalue weighted by Gasteiger charge is 2.31. The van der Waals surface area contributed by atoms with E-state index in [1.807, 2.05) is 6.07 Å². The van der Waals surface area contributed by atoms with Gasteiger partial charge >= 0.3 is 0 Å². The van der Waals surface area contributed by atoms with Gasteiger partial charge in [0, 0.05) is 28.9 Å². The molecule has 0 rings (SSSR count). The summed E-state index contributed by atoms with van der Waals surface area (Å²) in [5, 5.41) is 11.4. The lowest BCUT2D eigenvalue weighted by atomic mass is 9.88. The molecule has 4 nitrogen and oxygen atoms in total. The summed E-state index contributed by atoms with van der Waals surface area (Å²) in [5.74, 6) is -0.287. The van der Waals surface area contributed by atoms with E-state index < -0.39 is 16.2 Å². The number of nitriles is 1. The minimum Gasteiger partial charge on any atom is -0.354 e. The van der Waals surface area contributed by atoms with Crippen molar-refractivity contribution in [3.05, 3.63) is 0 Å². The molecule has 0 saturated carbocycles. The molecule has 1 amide bonds. The smallest absolute Gasteiger partial charge is 0.240 e. The van der Waals surface area contributed by atoms with Crippen LogP contribution in [0.5, 0.6) is 0 Å². The Bertz CT molecular complexity index is 298. The average molecular weight is 230 g/mol. The fourth-order valence-corrected chi connectivity index (χ4v) is 1.16. The second kappa shape index (κ2) is 5.86. The van der Waals surface area contributed by atoms with E-state index in [9.17, 15) is 9.00 Å². The van der Waals surface area contributed by atoms with Gasteiger partial charge < -0.3 is 5.32 Å². The van der Waals surface area contributed by atoms with Crippen LogP contribution in [0.25, 0.3) is 0 Å². The van der Waals surface area contributed by atoms with Gasteiger partial charge in [0.1, 0.15) is 5.41 Å². The van der Waals surface area contributed by atoms with Gasteiger partial charge in [-0.2, -0.15) is 5.26 Å². The lowest BCUT2D eigenvalue weighted by Gasteiger charge is -2.19. The van der Waals surface area contributed by atoms with Gasteiger partial charge in [0.05, 0.1) is 6.07 Å². The maximum absolute atomic E-state index is 11.6. The third-order valence-corrected chi connectivity index (χ3v) is 3.87. The maximum Gasteiger partial charge on any atom is 0.240 e. The molecule has 5 heteroatoms. The molecule has 0 heterocycles. The Morgan fingerprint density at radius 3 is 2.53 bits per heavy atom. The predicted molar refractivity (Wildman–Crippen MR) is 60.5 cm³/mol. The van der Waals surface area contributed by atoms with E-state index >= 15 is 0 Å². The van der Waals surface area contributed by atoms with Crippen LogP contribution in [0.15, 0.2) is 0 Å². The molecule has 0 aromatic heterocycles. The van der Waals surface area contributed by atoms with Gasteiger partial charge in [-0.3, -0.25) is 9.00 Å². The molecule has 0 saturated heterocycles. The van der Waals surface area contributed by atoms with Gasteiger partial charge in [0.25, 0.3) is 0 Å². The monoisotopic (exact) mass is 230 g/mol. The zero-order valence-electron chi connectivity index (χ0n) is 9.66. The summed E-state index contributed by atoms with van der Waals surface area (Å²) in [5.41, 5.74) is -0.977. The lowest BCUT2D eigenvalue weighted by Crippen LogP contribution is -2.41. The van der Waals surface area contributed by atoms with Crippen LogP contribution in [0, 0.1) is 16.7 Å². The number of amides is 1. The zero-order chi connectivity index (χ0) is 12.1. The highest BCUT2D eigenvalue weighted by atomic mass is 32.2. The van der Waals surface area contributed by atoms with Crippen LogP contribution in [0.4, 0.5) is 0 Å².